The molecule has 8 nitrogen and oxygen atoms in total. The van der Waals surface area contributed by atoms with Crippen molar-refractivity contribution in [1.82, 2.24) is 4.90 Å². The van der Waals surface area contributed by atoms with E-state index in [1.807, 2.05) is 20.8 Å². The van der Waals surface area contributed by atoms with Crippen molar-refractivity contribution in [3.63, 3.8) is 0 Å². The van der Waals surface area contributed by atoms with E-state index >= 15 is 0 Å². The predicted molar refractivity (Wildman–Crippen MR) is 94.1 cm³/mol. The van der Waals surface area contributed by atoms with Gasteiger partial charge >= 0.3 is 35.5 Å². The fourth-order valence-electron chi connectivity index (χ4n) is 3.38. The van der Waals surface area contributed by atoms with Crippen molar-refractivity contribution >= 4 is 62.4 Å². The van der Waals surface area contributed by atoms with Crippen LogP contribution >= 0.6 is 0 Å². The molecule has 2 aliphatic heterocycles. The number of rotatable bonds is 4. The Morgan fingerprint density at radius 3 is 2.32 bits per heavy atom. The molecule has 138 valence electrons. The van der Waals surface area contributed by atoms with Gasteiger partial charge in [-0.3, -0.25) is 9.69 Å². The molecule has 0 bridgehead atoms. The number of hydrogen-bond acceptors (Lipinski definition) is 6. The number of ether oxygens (including phenoxy) is 1. The minimum atomic E-state index is -4.09. The van der Waals surface area contributed by atoms with Crippen LogP contribution in [-0.2, 0) is 35.3 Å². The maximum absolute atomic E-state index is 12.9. The summed E-state index contributed by atoms with van der Waals surface area (Å²) < 4.78 is 41.8. The fourth-order valence-corrected chi connectivity index (χ4v) is 7.96. The zero-order valence-corrected chi connectivity index (χ0v) is 15.7. The second kappa shape index (κ2) is 7.49. The quantitative estimate of drug-likeness (QED) is 0.379. The van der Waals surface area contributed by atoms with Gasteiger partial charge in [0, 0.05) is 23.8 Å². The molecule has 0 spiro atoms. The SMILES string of the molecule is CO[C@H]1C(=O)N2C(C(C)(C)C)=C(C)C([S+]([O-])CC(=O)O)S(=O)(=O)[C@H]12.[NaH]. The van der Waals surface area contributed by atoms with Gasteiger partial charge < -0.3 is 14.4 Å². The molecule has 2 heterocycles. The summed E-state index contributed by atoms with van der Waals surface area (Å²) in [5.74, 6) is -2.58. The zero-order valence-electron chi connectivity index (χ0n) is 14.1. The van der Waals surface area contributed by atoms with Crippen LogP contribution in [0.4, 0.5) is 0 Å². The number of carboxylic acids is 1. The van der Waals surface area contributed by atoms with E-state index in [9.17, 15) is 22.6 Å². The third-order valence-electron chi connectivity index (χ3n) is 4.07. The standard InChI is InChI=1S/C14H21NO7S2.Na.H/c1-7-10(14(2,3)4)15-11(18)9(22-5)12(15)24(20,21)13(7)23(19)6-8(16)17;;/h9,12-13H,6H2,1-5H3,(H,16,17);;/t9-,12+,13?,23?;;/m0../s1. The molecule has 0 aromatic heterocycles. The molecule has 0 aromatic carbocycles. The Labute approximate surface area is 172 Å². The molecule has 0 aromatic rings. The van der Waals surface area contributed by atoms with Crippen LogP contribution in [0.1, 0.15) is 27.7 Å². The molecule has 25 heavy (non-hydrogen) atoms. The van der Waals surface area contributed by atoms with E-state index in [1.54, 1.807) is 0 Å². The minimum absolute atomic E-state index is 0. The molecular formula is C14H22NNaO7S2. The molecule has 2 rings (SSSR count). The number of β-lactam (4-membered cyclic amide) rings is 1. The summed E-state index contributed by atoms with van der Waals surface area (Å²) in [6.07, 6.45) is -1.16. The van der Waals surface area contributed by atoms with Crippen LogP contribution in [-0.4, -0.2) is 93.3 Å². The number of allylic oxidation sites excluding steroid dienone is 1. The molecule has 0 saturated carbocycles. The molecule has 0 radical (unpaired) electrons. The zero-order chi connectivity index (χ0) is 18.6. The number of sulfone groups is 1. The summed E-state index contributed by atoms with van der Waals surface area (Å²) in [5, 5.41) is 7.61. The molecule has 11 heteroatoms. The average molecular weight is 403 g/mol. The van der Waals surface area contributed by atoms with Crippen molar-refractivity contribution in [2.45, 2.75) is 43.8 Å². The molecule has 2 unspecified atom stereocenters. The molecule has 0 aliphatic carbocycles. The number of carbonyl (C=O) groups is 2. The Bertz CT molecular complexity index is 713. The number of carboxylic acid groups (broad SMARTS) is 1. The van der Waals surface area contributed by atoms with E-state index in [-0.39, 0.29) is 35.1 Å². The Morgan fingerprint density at radius 1 is 1.40 bits per heavy atom. The van der Waals surface area contributed by atoms with Crippen molar-refractivity contribution in [3.8, 4) is 0 Å². The van der Waals surface area contributed by atoms with Crippen LogP contribution < -0.4 is 0 Å². The van der Waals surface area contributed by atoms with E-state index in [0.717, 1.165) is 0 Å². The monoisotopic (exact) mass is 403 g/mol. The number of hydrogen-bond donors (Lipinski definition) is 1. The van der Waals surface area contributed by atoms with Crippen LogP contribution in [0.3, 0.4) is 0 Å². The Hall–Kier alpha value is -0.100. The maximum atomic E-state index is 12.9. The third-order valence-corrected chi connectivity index (χ3v) is 8.96. The third kappa shape index (κ3) is 3.67. The van der Waals surface area contributed by atoms with Gasteiger partial charge in [0.2, 0.25) is 20.2 Å². The summed E-state index contributed by atoms with van der Waals surface area (Å²) in [7, 11) is -2.85. The van der Waals surface area contributed by atoms with Gasteiger partial charge in [-0.05, 0) is 18.1 Å². The van der Waals surface area contributed by atoms with Crippen molar-refractivity contribution in [2.75, 3.05) is 12.9 Å². The Balaban J connectivity index is 0.00000312. The predicted octanol–water partition coefficient (Wildman–Crippen LogP) is -0.571. The van der Waals surface area contributed by atoms with Crippen LogP contribution in [0.25, 0.3) is 0 Å². The van der Waals surface area contributed by atoms with Gasteiger partial charge in [0.25, 0.3) is 5.91 Å². The van der Waals surface area contributed by atoms with E-state index in [1.165, 1.54) is 18.9 Å². The van der Waals surface area contributed by atoms with Crippen molar-refractivity contribution in [2.24, 2.45) is 5.41 Å². The van der Waals surface area contributed by atoms with Crippen LogP contribution in [0, 0.1) is 5.41 Å². The first-order chi connectivity index (χ1) is 10.9. The molecular weight excluding hydrogens is 381 g/mol. The molecule has 1 amide bonds. The molecule has 1 N–H and O–H groups in total. The first-order valence-corrected chi connectivity index (χ1v) is 10.2. The first kappa shape index (κ1) is 22.9. The van der Waals surface area contributed by atoms with Crippen molar-refractivity contribution < 1.29 is 32.4 Å². The van der Waals surface area contributed by atoms with E-state index in [4.69, 9.17) is 9.84 Å². The fraction of sp³-hybridized carbons (Fsp3) is 0.714. The second-order valence-electron chi connectivity index (χ2n) is 6.88. The average Bonchev–Trinajstić information content (AvgIpc) is 2.37. The van der Waals surface area contributed by atoms with Gasteiger partial charge in [0.05, 0.1) is 0 Å². The van der Waals surface area contributed by atoms with Crippen LogP contribution in [0.5, 0.6) is 0 Å². The number of nitrogens with zero attached hydrogens (tertiary/aromatic N) is 1. The Kier molecular flexibility index (Phi) is 6.88. The van der Waals surface area contributed by atoms with Gasteiger partial charge in [-0.2, -0.15) is 0 Å². The van der Waals surface area contributed by atoms with Crippen LogP contribution in [0.15, 0.2) is 11.3 Å². The number of methoxy groups -OCH3 is 1. The topological polar surface area (TPSA) is 124 Å². The van der Waals surface area contributed by atoms with Gasteiger partial charge in [-0.1, -0.05) is 20.8 Å². The van der Waals surface area contributed by atoms with Gasteiger partial charge in [0.1, 0.15) is 0 Å². The Morgan fingerprint density at radius 2 is 1.92 bits per heavy atom. The number of fused-ring (bicyclic) bond motifs is 1. The first-order valence-electron chi connectivity index (χ1n) is 7.24. The normalized spacial score (nSPS) is 29.4. The molecule has 4 atom stereocenters. The summed E-state index contributed by atoms with van der Waals surface area (Å²) in [4.78, 5) is 24.4. The number of aliphatic carboxylic acids is 1. The molecule has 1 saturated heterocycles. The van der Waals surface area contributed by atoms with Gasteiger partial charge in [-0.15, -0.1) is 0 Å². The van der Waals surface area contributed by atoms with E-state index in [2.05, 4.69) is 0 Å². The van der Waals surface area contributed by atoms with Crippen molar-refractivity contribution in [3.05, 3.63) is 11.3 Å². The van der Waals surface area contributed by atoms with E-state index in [0.29, 0.717) is 5.70 Å². The van der Waals surface area contributed by atoms with Crippen LogP contribution in [0.2, 0.25) is 0 Å². The molecule has 1 fully saturated rings. The summed E-state index contributed by atoms with van der Waals surface area (Å²) in [6.45, 7) is 6.93. The van der Waals surface area contributed by atoms with Gasteiger partial charge in [0.15, 0.2) is 11.5 Å². The van der Waals surface area contributed by atoms with E-state index < -0.39 is 60.1 Å². The number of carbonyl (C=O) groups excluding carboxylic acids is 1. The summed E-state index contributed by atoms with van der Waals surface area (Å²) >= 11 is -2.16. The second-order valence-corrected chi connectivity index (χ2v) is 10.8. The number of amides is 1. The van der Waals surface area contributed by atoms with Gasteiger partial charge in [-0.25, -0.2) is 13.2 Å². The summed E-state index contributed by atoms with van der Waals surface area (Å²) in [6, 6.07) is 0. The molecule has 2 aliphatic rings. The summed E-state index contributed by atoms with van der Waals surface area (Å²) in [5.41, 5.74) is 0.129. The van der Waals surface area contributed by atoms with Crippen molar-refractivity contribution in [1.29, 1.82) is 0 Å².